The van der Waals surface area contributed by atoms with E-state index in [1.54, 1.807) is 18.5 Å². The maximum atomic E-state index is 12.0. The van der Waals surface area contributed by atoms with Gasteiger partial charge in [0.05, 0.1) is 17.6 Å². The van der Waals surface area contributed by atoms with Gasteiger partial charge in [-0.05, 0) is 6.07 Å². The van der Waals surface area contributed by atoms with Gasteiger partial charge in [-0.15, -0.1) is 0 Å². The van der Waals surface area contributed by atoms with Gasteiger partial charge in [-0.2, -0.15) is 5.10 Å². The molecule has 0 spiro atoms. The van der Waals surface area contributed by atoms with Crippen LogP contribution in [0.1, 0.15) is 12.8 Å². The third-order valence-electron chi connectivity index (χ3n) is 2.69. The largest absolute Gasteiger partial charge is 0.376 e. The molecule has 2 N–H and O–H groups in total. The summed E-state index contributed by atoms with van der Waals surface area (Å²) in [5.41, 5.74) is 4.07. The molecule has 0 saturated carbocycles. The fourth-order valence-electron chi connectivity index (χ4n) is 1.71. The fourth-order valence-corrected chi connectivity index (χ4v) is 1.71. The number of anilines is 2. The lowest BCUT2D eigenvalue weighted by Crippen LogP contribution is -2.33. The molecule has 2 rings (SSSR count). The first kappa shape index (κ1) is 13.0. The monoisotopic (exact) mass is 261 g/mol. The van der Waals surface area contributed by atoms with Gasteiger partial charge in [0.2, 0.25) is 5.91 Å². The van der Waals surface area contributed by atoms with Crippen LogP contribution < -0.4 is 15.6 Å². The maximum absolute atomic E-state index is 12.0. The molecule has 2 heterocycles. The Labute approximate surface area is 110 Å². The number of nitrogens with one attached hydrogen (secondary N) is 2. The lowest BCUT2D eigenvalue weighted by Gasteiger charge is -2.18. The summed E-state index contributed by atoms with van der Waals surface area (Å²) < 4.78 is 0. The Hall–Kier alpha value is -2.44. The van der Waals surface area contributed by atoms with Crippen LogP contribution in [-0.4, -0.2) is 36.6 Å². The Kier molecular flexibility index (Phi) is 3.74. The van der Waals surface area contributed by atoms with Crippen molar-refractivity contribution in [1.82, 2.24) is 10.4 Å². The van der Waals surface area contributed by atoms with Gasteiger partial charge < -0.3 is 10.2 Å². The predicted octanol–water partition coefficient (Wildman–Crippen LogP) is 0.352. The minimum absolute atomic E-state index is 0.174. The molecule has 0 radical (unpaired) electrons. The van der Waals surface area contributed by atoms with Crippen molar-refractivity contribution in [3.8, 4) is 0 Å². The minimum Gasteiger partial charge on any atom is -0.376 e. The molecule has 1 aromatic heterocycles. The molecule has 7 nitrogen and oxygen atoms in total. The van der Waals surface area contributed by atoms with Crippen LogP contribution in [0.25, 0.3) is 0 Å². The van der Waals surface area contributed by atoms with E-state index in [2.05, 4.69) is 20.8 Å². The molecule has 19 heavy (non-hydrogen) atoms. The maximum Gasteiger partial charge on any atom is 0.271 e. The summed E-state index contributed by atoms with van der Waals surface area (Å²) in [4.78, 5) is 28.8. The fraction of sp³-hybridized carbons (Fsp3) is 0.333. The standard InChI is InChI=1S/C12H15N5O2/c1-17(2)10-5-6-13-7-9(10)14-12(19)8-3-4-11(18)16-15-8/h5-7H,3-4H2,1-2H3,(H,14,19)(H,16,18). The zero-order valence-electron chi connectivity index (χ0n) is 10.8. The zero-order chi connectivity index (χ0) is 13.8. The van der Waals surface area contributed by atoms with Crippen molar-refractivity contribution in [1.29, 1.82) is 0 Å². The molecule has 1 aliphatic heterocycles. The molecular formula is C12H15N5O2. The molecule has 0 saturated heterocycles. The number of pyridine rings is 1. The van der Waals surface area contributed by atoms with E-state index in [0.717, 1.165) is 5.69 Å². The smallest absolute Gasteiger partial charge is 0.271 e. The normalized spacial score (nSPS) is 14.4. The molecule has 0 fully saturated rings. The summed E-state index contributed by atoms with van der Waals surface area (Å²) in [7, 11) is 3.76. The highest BCUT2D eigenvalue weighted by Gasteiger charge is 2.19. The lowest BCUT2D eigenvalue weighted by atomic mass is 10.1. The van der Waals surface area contributed by atoms with Crippen molar-refractivity contribution in [2.45, 2.75) is 12.8 Å². The van der Waals surface area contributed by atoms with Crippen LogP contribution >= 0.6 is 0 Å². The molecule has 2 amide bonds. The van der Waals surface area contributed by atoms with Crippen molar-refractivity contribution < 1.29 is 9.59 Å². The van der Waals surface area contributed by atoms with Gasteiger partial charge in [0.1, 0.15) is 5.71 Å². The van der Waals surface area contributed by atoms with E-state index in [1.807, 2.05) is 19.0 Å². The first-order chi connectivity index (χ1) is 9.08. The summed E-state index contributed by atoms with van der Waals surface area (Å²) in [5.74, 6) is -0.497. The van der Waals surface area contributed by atoms with Gasteiger partial charge in [0.25, 0.3) is 5.91 Å². The van der Waals surface area contributed by atoms with Crippen LogP contribution in [0, 0.1) is 0 Å². The molecule has 0 aromatic carbocycles. The van der Waals surface area contributed by atoms with E-state index in [4.69, 9.17) is 0 Å². The lowest BCUT2D eigenvalue weighted by molar-refractivity contribution is -0.121. The first-order valence-electron chi connectivity index (χ1n) is 5.86. The Morgan fingerprint density at radius 3 is 2.84 bits per heavy atom. The van der Waals surface area contributed by atoms with Crippen LogP contribution in [-0.2, 0) is 9.59 Å². The summed E-state index contributed by atoms with van der Waals surface area (Å²) in [6.45, 7) is 0. The van der Waals surface area contributed by atoms with Gasteiger partial charge in [0.15, 0.2) is 0 Å². The number of rotatable bonds is 3. The summed E-state index contributed by atoms with van der Waals surface area (Å²) in [5, 5.41) is 6.50. The van der Waals surface area contributed by atoms with Crippen LogP contribution in [0.3, 0.4) is 0 Å². The number of aromatic nitrogens is 1. The second kappa shape index (κ2) is 5.47. The third-order valence-corrected chi connectivity index (χ3v) is 2.69. The minimum atomic E-state index is -0.323. The topological polar surface area (TPSA) is 86.7 Å². The number of nitrogens with zero attached hydrogens (tertiary/aromatic N) is 3. The van der Waals surface area contributed by atoms with E-state index >= 15 is 0 Å². The molecule has 7 heteroatoms. The van der Waals surface area contributed by atoms with E-state index in [1.165, 1.54) is 0 Å². The van der Waals surface area contributed by atoms with Crippen molar-refractivity contribution in [3.63, 3.8) is 0 Å². The molecule has 1 aromatic rings. The molecule has 1 aliphatic rings. The van der Waals surface area contributed by atoms with Crippen molar-refractivity contribution in [3.05, 3.63) is 18.5 Å². The third kappa shape index (κ3) is 3.06. The van der Waals surface area contributed by atoms with Gasteiger partial charge in [0, 0.05) is 33.1 Å². The summed E-state index contributed by atoms with van der Waals surface area (Å²) in [6, 6.07) is 1.81. The van der Waals surface area contributed by atoms with Crippen LogP contribution in [0.4, 0.5) is 11.4 Å². The zero-order valence-corrected chi connectivity index (χ0v) is 10.8. The highest BCUT2D eigenvalue weighted by atomic mass is 16.2. The average Bonchev–Trinajstić information content (AvgIpc) is 2.39. The number of hydrogen-bond acceptors (Lipinski definition) is 5. The number of hydrazone groups is 1. The Bertz CT molecular complexity index is 539. The molecule has 0 atom stereocenters. The average molecular weight is 261 g/mol. The second-order valence-electron chi connectivity index (χ2n) is 4.33. The van der Waals surface area contributed by atoms with E-state index in [9.17, 15) is 9.59 Å². The Morgan fingerprint density at radius 2 is 2.21 bits per heavy atom. The number of hydrogen-bond donors (Lipinski definition) is 2. The van der Waals surface area contributed by atoms with Gasteiger partial charge in [-0.3, -0.25) is 14.6 Å². The first-order valence-corrected chi connectivity index (χ1v) is 5.86. The van der Waals surface area contributed by atoms with E-state index in [0.29, 0.717) is 17.8 Å². The molecular weight excluding hydrogens is 246 g/mol. The SMILES string of the molecule is CN(C)c1ccncc1NC(=O)C1=NNC(=O)CC1. The van der Waals surface area contributed by atoms with Crippen LogP contribution in [0.5, 0.6) is 0 Å². The van der Waals surface area contributed by atoms with Crippen LogP contribution in [0.2, 0.25) is 0 Å². The Balaban J connectivity index is 2.13. The van der Waals surface area contributed by atoms with Crippen molar-refractivity contribution >= 4 is 28.9 Å². The van der Waals surface area contributed by atoms with Gasteiger partial charge in [-0.1, -0.05) is 0 Å². The van der Waals surface area contributed by atoms with Crippen LogP contribution in [0.15, 0.2) is 23.6 Å². The summed E-state index contributed by atoms with van der Waals surface area (Å²) >= 11 is 0. The van der Waals surface area contributed by atoms with Crippen molar-refractivity contribution in [2.24, 2.45) is 5.10 Å². The predicted molar refractivity (Wildman–Crippen MR) is 72.0 cm³/mol. The Morgan fingerprint density at radius 1 is 1.42 bits per heavy atom. The molecule has 0 unspecified atom stereocenters. The molecule has 0 bridgehead atoms. The van der Waals surface area contributed by atoms with Gasteiger partial charge >= 0.3 is 0 Å². The van der Waals surface area contributed by atoms with E-state index in [-0.39, 0.29) is 18.2 Å². The molecule has 0 aliphatic carbocycles. The van der Waals surface area contributed by atoms with Gasteiger partial charge in [-0.25, -0.2) is 5.43 Å². The number of carbonyl (C=O) groups is 2. The number of carbonyl (C=O) groups excluding carboxylic acids is 2. The quantitative estimate of drug-likeness (QED) is 0.822. The molecule has 100 valence electrons. The summed E-state index contributed by atoms with van der Waals surface area (Å²) in [6.07, 6.45) is 3.85. The van der Waals surface area contributed by atoms with Crippen molar-refractivity contribution in [2.75, 3.05) is 24.3 Å². The second-order valence-corrected chi connectivity index (χ2v) is 4.33. The number of amides is 2. The highest BCUT2D eigenvalue weighted by molar-refractivity contribution is 6.43. The van der Waals surface area contributed by atoms with E-state index < -0.39 is 0 Å². The highest BCUT2D eigenvalue weighted by Crippen LogP contribution is 2.22.